The third kappa shape index (κ3) is 6.14. The molecule has 5 nitrogen and oxygen atoms in total. The highest BCUT2D eigenvalue weighted by Gasteiger charge is 2.29. The lowest BCUT2D eigenvalue weighted by atomic mass is 9.76. The highest BCUT2D eigenvalue weighted by Crippen LogP contribution is 2.36. The highest BCUT2D eigenvalue weighted by molar-refractivity contribution is 7.89. The Morgan fingerprint density at radius 2 is 1.87 bits per heavy atom. The Kier molecular flexibility index (Phi) is 7.14. The van der Waals surface area contributed by atoms with Crippen LogP contribution in [0.1, 0.15) is 41.9 Å². The molecule has 0 aliphatic heterocycles. The van der Waals surface area contributed by atoms with Crippen molar-refractivity contribution in [1.29, 1.82) is 0 Å². The molecular weight excluding hydrogens is 455 g/mol. The van der Waals surface area contributed by atoms with E-state index in [9.17, 15) is 8.42 Å². The molecule has 0 radical (unpaired) electrons. The van der Waals surface area contributed by atoms with Gasteiger partial charge in [-0.3, -0.25) is 0 Å². The SMILES string of the molecule is N[C@H]1CCc2ccc(OCCNS(=O)(=O)CC3CC3)cc2[C@H]1Cc1ccc(Cl)c(Cl)c1. The molecule has 3 N–H and O–H groups in total. The number of sulfonamides is 1. The predicted molar refractivity (Wildman–Crippen MR) is 126 cm³/mol. The molecule has 31 heavy (non-hydrogen) atoms. The van der Waals surface area contributed by atoms with Crippen LogP contribution in [0.15, 0.2) is 36.4 Å². The maximum atomic E-state index is 12.0. The Hall–Kier alpha value is -1.31. The van der Waals surface area contributed by atoms with Crippen LogP contribution in [-0.4, -0.2) is 33.4 Å². The summed E-state index contributed by atoms with van der Waals surface area (Å²) >= 11 is 12.2. The van der Waals surface area contributed by atoms with Crippen LogP contribution in [0.4, 0.5) is 0 Å². The molecular formula is C23H28Cl2N2O3S. The van der Waals surface area contributed by atoms with E-state index in [0.29, 0.717) is 16.0 Å². The minimum absolute atomic E-state index is 0.0476. The van der Waals surface area contributed by atoms with Gasteiger partial charge in [0.25, 0.3) is 0 Å². The monoisotopic (exact) mass is 482 g/mol. The maximum absolute atomic E-state index is 12.0. The summed E-state index contributed by atoms with van der Waals surface area (Å²) in [6.07, 6.45) is 4.67. The Bertz CT molecular complexity index is 1040. The fraction of sp³-hybridized carbons (Fsp3) is 0.478. The van der Waals surface area contributed by atoms with Crippen molar-refractivity contribution in [3.63, 3.8) is 0 Å². The zero-order valence-electron chi connectivity index (χ0n) is 17.3. The van der Waals surface area contributed by atoms with Gasteiger partial charge in [0, 0.05) is 18.5 Å². The van der Waals surface area contributed by atoms with E-state index in [4.69, 9.17) is 33.7 Å². The van der Waals surface area contributed by atoms with E-state index in [2.05, 4.69) is 16.9 Å². The summed E-state index contributed by atoms with van der Waals surface area (Å²) < 4.78 is 32.4. The molecule has 8 heteroatoms. The fourth-order valence-electron chi connectivity index (χ4n) is 4.19. The van der Waals surface area contributed by atoms with E-state index in [1.54, 1.807) is 0 Å². The van der Waals surface area contributed by atoms with Crippen LogP contribution < -0.4 is 15.2 Å². The molecule has 2 atom stereocenters. The summed E-state index contributed by atoms with van der Waals surface area (Å²) in [6.45, 7) is 0.546. The zero-order valence-corrected chi connectivity index (χ0v) is 19.6. The summed E-state index contributed by atoms with van der Waals surface area (Å²) in [4.78, 5) is 0. The van der Waals surface area contributed by atoms with E-state index in [1.807, 2.05) is 24.3 Å². The van der Waals surface area contributed by atoms with Gasteiger partial charge in [-0.05, 0) is 79.0 Å². The molecule has 4 rings (SSSR count). The van der Waals surface area contributed by atoms with Crippen molar-refractivity contribution in [3.8, 4) is 5.75 Å². The third-order valence-corrected chi connectivity index (χ3v) is 8.36. The van der Waals surface area contributed by atoms with Crippen molar-refractivity contribution < 1.29 is 13.2 Å². The molecule has 168 valence electrons. The van der Waals surface area contributed by atoms with Gasteiger partial charge >= 0.3 is 0 Å². The Morgan fingerprint density at radius 3 is 2.61 bits per heavy atom. The van der Waals surface area contributed by atoms with Gasteiger partial charge in [0.05, 0.1) is 15.8 Å². The lowest BCUT2D eigenvalue weighted by molar-refractivity contribution is 0.321. The predicted octanol–water partition coefficient (Wildman–Crippen LogP) is 4.30. The van der Waals surface area contributed by atoms with Crippen molar-refractivity contribution >= 4 is 33.2 Å². The van der Waals surface area contributed by atoms with Crippen LogP contribution in [0.3, 0.4) is 0 Å². The number of benzene rings is 2. The first-order valence-electron chi connectivity index (χ1n) is 10.7. The van der Waals surface area contributed by atoms with Crippen molar-refractivity contribution in [2.75, 3.05) is 18.9 Å². The van der Waals surface area contributed by atoms with E-state index in [0.717, 1.165) is 43.4 Å². The number of nitrogens with one attached hydrogen (secondary N) is 1. The second-order valence-corrected chi connectivity index (χ2v) is 11.3. The Balaban J connectivity index is 1.41. The summed E-state index contributed by atoms with van der Waals surface area (Å²) in [5.41, 5.74) is 10.1. The summed E-state index contributed by atoms with van der Waals surface area (Å²) in [6, 6.07) is 11.8. The molecule has 1 fully saturated rings. The molecule has 0 spiro atoms. The van der Waals surface area contributed by atoms with Crippen molar-refractivity contribution in [2.24, 2.45) is 11.7 Å². The van der Waals surface area contributed by atoms with Crippen LogP contribution in [0, 0.1) is 5.92 Å². The smallest absolute Gasteiger partial charge is 0.211 e. The molecule has 2 aromatic rings. The summed E-state index contributed by atoms with van der Waals surface area (Å²) in [7, 11) is -3.21. The number of halogens is 2. The minimum atomic E-state index is -3.21. The van der Waals surface area contributed by atoms with Crippen LogP contribution in [0.25, 0.3) is 0 Å². The lowest BCUT2D eigenvalue weighted by Crippen LogP contribution is -2.34. The second kappa shape index (κ2) is 9.67. The first-order chi connectivity index (χ1) is 14.8. The van der Waals surface area contributed by atoms with Gasteiger partial charge in [-0.1, -0.05) is 35.3 Å². The molecule has 2 aliphatic carbocycles. The third-order valence-electron chi connectivity index (χ3n) is 6.07. The van der Waals surface area contributed by atoms with E-state index >= 15 is 0 Å². The largest absolute Gasteiger partial charge is 0.492 e. The van der Waals surface area contributed by atoms with E-state index in [1.165, 1.54) is 11.1 Å². The summed E-state index contributed by atoms with van der Waals surface area (Å²) in [5, 5.41) is 1.09. The molecule has 0 saturated heterocycles. The number of hydrogen-bond acceptors (Lipinski definition) is 4. The summed E-state index contributed by atoms with van der Waals surface area (Å²) in [5.74, 6) is 1.44. The van der Waals surface area contributed by atoms with Gasteiger partial charge in [0.2, 0.25) is 10.0 Å². The molecule has 0 aromatic heterocycles. The standard InChI is InChI=1S/C23H28Cl2N2O3S/c24-21-7-3-16(12-22(21)25)11-20-19-13-18(6-4-17(19)5-8-23(20)26)30-10-9-27-31(28,29)14-15-1-2-15/h3-4,6-7,12-13,15,20,23,27H,1-2,5,8-11,14,26H2/t20-,23+/m1/s1. The number of aryl methyl sites for hydroxylation is 1. The van der Waals surface area contributed by atoms with Crippen molar-refractivity contribution in [3.05, 3.63) is 63.1 Å². The Morgan fingerprint density at radius 1 is 1.06 bits per heavy atom. The minimum Gasteiger partial charge on any atom is -0.492 e. The van der Waals surface area contributed by atoms with Gasteiger partial charge in [0.15, 0.2) is 0 Å². The Labute approximate surface area is 194 Å². The van der Waals surface area contributed by atoms with Crippen LogP contribution in [-0.2, 0) is 22.9 Å². The van der Waals surface area contributed by atoms with Gasteiger partial charge in [-0.2, -0.15) is 0 Å². The number of ether oxygens (including phenoxy) is 1. The molecule has 2 aliphatic rings. The normalized spacial score (nSPS) is 21.0. The van der Waals surface area contributed by atoms with Crippen molar-refractivity contribution in [2.45, 2.75) is 44.1 Å². The van der Waals surface area contributed by atoms with Gasteiger partial charge in [0.1, 0.15) is 12.4 Å². The first-order valence-corrected chi connectivity index (χ1v) is 13.1. The molecule has 2 aromatic carbocycles. The van der Waals surface area contributed by atoms with Gasteiger partial charge in [-0.25, -0.2) is 13.1 Å². The quantitative estimate of drug-likeness (QED) is 0.521. The van der Waals surface area contributed by atoms with Crippen LogP contribution in [0.2, 0.25) is 10.0 Å². The van der Waals surface area contributed by atoms with Gasteiger partial charge < -0.3 is 10.5 Å². The zero-order chi connectivity index (χ0) is 22.0. The topological polar surface area (TPSA) is 81.4 Å². The van der Waals surface area contributed by atoms with E-state index in [-0.39, 0.29) is 30.9 Å². The number of fused-ring (bicyclic) bond motifs is 1. The average Bonchev–Trinajstić information content (AvgIpc) is 3.53. The van der Waals surface area contributed by atoms with Crippen LogP contribution in [0.5, 0.6) is 5.75 Å². The highest BCUT2D eigenvalue weighted by atomic mass is 35.5. The molecule has 0 bridgehead atoms. The molecule has 0 amide bonds. The van der Waals surface area contributed by atoms with Gasteiger partial charge in [-0.15, -0.1) is 0 Å². The van der Waals surface area contributed by atoms with Crippen molar-refractivity contribution in [1.82, 2.24) is 4.72 Å². The first kappa shape index (κ1) is 22.9. The average molecular weight is 483 g/mol. The molecule has 1 saturated carbocycles. The molecule has 0 heterocycles. The second-order valence-electron chi connectivity index (χ2n) is 8.59. The fourth-order valence-corrected chi connectivity index (χ4v) is 5.98. The number of rotatable bonds is 9. The lowest BCUT2D eigenvalue weighted by Gasteiger charge is -2.32. The number of nitrogens with two attached hydrogens (primary N) is 1. The number of hydrogen-bond donors (Lipinski definition) is 2. The van der Waals surface area contributed by atoms with E-state index < -0.39 is 10.0 Å². The molecule has 0 unspecified atom stereocenters. The van der Waals surface area contributed by atoms with Crippen LogP contribution >= 0.6 is 23.2 Å². The maximum Gasteiger partial charge on any atom is 0.211 e.